The number of amides is 1. The Hall–Kier alpha value is -3.89. The van der Waals surface area contributed by atoms with Gasteiger partial charge in [-0.05, 0) is 62.3 Å². The van der Waals surface area contributed by atoms with Crippen LogP contribution in [0, 0.1) is 0 Å². The third kappa shape index (κ3) is 5.16. The summed E-state index contributed by atoms with van der Waals surface area (Å²) >= 11 is 1.60. The highest BCUT2D eigenvalue weighted by atomic mass is 32.1. The largest absolute Gasteiger partial charge is 0.340 e. The van der Waals surface area contributed by atoms with Gasteiger partial charge in [-0.2, -0.15) is 5.10 Å². The number of fused-ring (bicyclic) bond motifs is 2. The molecule has 37 heavy (non-hydrogen) atoms. The molecule has 3 aromatic heterocycles. The van der Waals surface area contributed by atoms with Gasteiger partial charge >= 0.3 is 0 Å². The van der Waals surface area contributed by atoms with E-state index in [1.807, 2.05) is 49.1 Å². The predicted molar refractivity (Wildman–Crippen MR) is 148 cm³/mol. The number of likely N-dealkylation sites (tertiary alicyclic amines) is 1. The number of anilines is 3. The molecule has 1 aliphatic rings. The molecule has 1 aliphatic heterocycles. The van der Waals surface area contributed by atoms with Gasteiger partial charge in [-0.1, -0.05) is 6.42 Å². The lowest BCUT2D eigenvalue weighted by Crippen LogP contribution is -2.32. The molecule has 0 bridgehead atoms. The lowest BCUT2D eigenvalue weighted by molar-refractivity contribution is -0.116. The third-order valence-electron chi connectivity index (χ3n) is 6.74. The highest BCUT2D eigenvalue weighted by molar-refractivity contribution is 7.16. The molecule has 6 rings (SSSR count). The maximum absolute atomic E-state index is 13.0. The van der Waals surface area contributed by atoms with Crippen LogP contribution in [0.15, 0.2) is 54.4 Å². The predicted octanol–water partition coefficient (Wildman–Crippen LogP) is 5.20. The summed E-state index contributed by atoms with van der Waals surface area (Å²) in [6.07, 6.45) is 7.59. The highest BCUT2D eigenvalue weighted by Gasteiger charge is 2.17. The van der Waals surface area contributed by atoms with Gasteiger partial charge in [0.15, 0.2) is 0 Å². The first-order valence-corrected chi connectivity index (χ1v) is 13.4. The zero-order valence-corrected chi connectivity index (χ0v) is 21.5. The molecule has 0 radical (unpaired) electrons. The van der Waals surface area contributed by atoms with Gasteiger partial charge in [0.1, 0.15) is 12.1 Å². The molecular weight excluding hydrogens is 484 g/mol. The molecule has 5 aromatic rings. The lowest BCUT2D eigenvalue weighted by atomic mass is 10.1. The van der Waals surface area contributed by atoms with E-state index in [0.29, 0.717) is 17.9 Å². The number of benzene rings is 2. The summed E-state index contributed by atoms with van der Waals surface area (Å²) in [6.45, 7) is 2.92. The van der Waals surface area contributed by atoms with Crippen molar-refractivity contribution in [3.63, 3.8) is 0 Å². The van der Waals surface area contributed by atoms with Crippen molar-refractivity contribution >= 4 is 55.6 Å². The first kappa shape index (κ1) is 23.5. The monoisotopic (exact) mass is 512 g/mol. The van der Waals surface area contributed by atoms with Crippen LogP contribution >= 0.6 is 11.3 Å². The number of nitrogens with one attached hydrogen (secondary N) is 2. The highest BCUT2D eigenvalue weighted by Crippen LogP contribution is 2.34. The summed E-state index contributed by atoms with van der Waals surface area (Å²) < 4.78 is 2.85. The number of thiazole rings is 1. The van der Waals surface area contributed by atoms with Crippen molar-refractivity contribution in [2.45, 2.75) is 25.7 Å². The summed E-state index contributed by atoms with van der Waals surface area (Å²) in [4.78, 5) is 28.8. The number of piperidine rings is 1. The van der Waals surface area contributed by atoms with Gasteiger partial charge in [-0.15, -0.1) is 11.3 Å². The average Bonchev–Trinajstić information content (AvgIpc) is 3.56. The second-order valence-corrected chi connectivity index (χ2v) is 10.3. The van der Waals surface area contributed by atoms with E-state index in [4.69, 9.17) is 0 Å². The van der Waals surface area contributed by atoms with Gasteiger partial charge in [0.2, 0.25) is 5.91 Å². The molecule has 0 aliphatic carbocycles. The van der Waals surface area contributed by atoms with E-state index < -0.39 is 0 Å². The van der Waals surface area contributed by atoms with Crippen LogP contribution in [0.2, 0.25) is 0 Å². The number of hydrogen-bond acceptors (Lipinski definition) is 8. The number of carbonyl (C=O) groups excluding carboxylic acids is 1. The molecule has 0 saturated carbocycles. The first-order chi connectivity index (χ1) is 18.1. The second kappa shape index (κ2) is 10.2. The van der Waals surface area contributed by atoms with Crippen LogP contribution in [0.5, 0.6) is 0 Å². The molecule has 10 heteroatoms. The Morgan fingerprint density at radius 1 is 1.03 bits per heavy atom. The minimum absolute atomic E-state index is 0.0101. The van der Waals surface area contributed by atoms with Crippen LogP contribution in [-0.2, 0) is 11.8 Å². The lowest BCUT2D eigenvalue weighted by Gasteiger charge is -2.26. The minimum atomic E-state index is -0.0101. The van der Waals surface area contributed by atoms with Crippen molar-refractivity contribution in [1.82, 2.24) is 29.6 Å². The van der Waals surface area contributed by atoms with Gasteiger partial charge in [0.05, 0.1) is 32.6 Å². The molecule has 1 fully saturated rings. The Bertz CT molecular complexity index is 1570. The van der Waals surface area contributed by atoms with Gasteiger partial charge in [0, 0.05) is 42.8 Å². The topological polar surface area (TPSA) is 101 Å². The average molecular weight is 513 g/mol. The van der Waals surface area contributed by atoms with Crippen molar-refractivity contribution in [2.24, 2.45) is 7.05 Å². The van der Waals surface area contributed by atoms with E-state index in [-0.39, 0.29) is 5.91 Å². The molecule has 0 atom stereocenters. The van der Waals surface area contributed by atoms with E-state index in [2.05, 4.69) is 41.7 Å². The fourth-order valence-electron chi connectivity index (χ4n) is 4.80. The Labute approximate surface area is 218 Å². The number of carbonyl (C=O) groups is 1. The summed E-state index contributed by atoms with van der Waals surface area (Å²) in [7, 11) is 1.88. The smallest absolute Gasteiger partial charge is 0.225 e. The van der Waals surface area contributed by atoms with Crippen LogP contribution in [0.4, 0.5) is 17.2 Å². The van der Waals surface area contributed by atoms with Crippen LogP contribution in [0.25, 0.3) is 32.4 Å². The molecule has 0 spiro atoms. The van der Waals surface area contributed by atoms with Crippen LogP contribution in [0.3, 0.4) is 0 Å². The molecule has 188 valence electrons. The normalized spacial score (nSPS) is 14.3. The molecular formula is C27H28N8OS. The SMILES string of the molecule is Cn1ccc(-c2cc3ncnc(Nc4ccc5ncsc5c4)c3cc2NC(=O)CCN2CCCCC2)n1. The summed E-state index contributed by atoms with van der Waals surface area (Å²) in [6, 6.07) is 11.9. The van der Waals surface area contributed by atoms with Crippen LogP contribution < -0.4 is 10.6 Å². The molecule has 1 saturated heterocycles. The Kier molecular flexibility index (Phi) is 6.50. The second-order valence-electron chi connectivity index (χ2n) is 9.37. The zero-order chi connectivity index (χ0) is 25.2. The zero-order valence-electron chi connectivity index (χ0n) is 20.6. The molecule has 4 heterocycles. The fraction of sp³-hybridized carbons (Fsp3) is 0.296. The number of aryl methyl sites for hydroxylation is 1. The summed E-state index contributed by atoms with van der Waals surface area (Å²) in [5.41, 5.74) is 6.80. The number of nitrogens with zero attached hydrogens (tertiary/aromatic N) is 6. The Morgan fingerprint density at radius 3 is 2.76 bits per heavy atom. The minimum Gasteiger partial charge on any atom is -0.340 e. The quantitative estimate of drug-likeness (QED) is 0.309. The summed E-state index contributed by atoms with van der Waals surface area (Å²) in [5, 5.41) is 12.0. The van der Waals surface area contributed by atoms with Crippen molar-refractivity contribution in [3.8, 4) is 11.3 Å². The standard InChI is InChI=1S/C27H28N8OS/c1-34-11-7-21(33-34)19-14-23-20(15-24(19)32-26(36)8-12-35-9-3-2-4-10-35)27(29-16-28-23)31-18-5-6-22-25(13-18)37-17-30-22/h5-7,11,13-17H,2-4,8-10,12H2,1H3,(H,32,36)(H,28,29,31). The third-order valence-corrected chi connectivity index (χ3v) is 7.53. The van der Waals surface area contributed by atoms with Crippen molar-refractivity contribution < 1.29 is 4.79 Å². The maximum atomic E-state index is 13.0. The fourth-order valence-corrected chi connectivity index (χ4v) is 5.52. The van der Waals surface area contributed by atoms with Crippen LogP contribution in [0.1, 0.15) is 25.7 Å². The Balaban J connectivity index is 1.33. The van der Waals surface area contributed by atoms with Gasteiger partial charge in [-0.3, -0.25) is 9.48 Å². The molecule has 1 amide bonds. The van der Waals surface area contributed by atoms with Gasteiger partial charge in [-0.25, -0.2) is 15.0 Å². The van der Waals surface area contributed by atoms with Gasteiger partial charge < -0.3 is 15.5 Å². The number of aromatic nitrogens is 5. The molecule has 9 nitrogen and oxygen atoms in total. The first-order valence-electron chi connectivity index (χ1n) is 12.5. The van der Waals surface area contributed by atoms with E-state index in [9.17, 15) is 4.79 Å². The van der Waals surface area contributed by atoms with E-state index in [1.165, 1.54) is 19.3 Å². The van der Waals surface area contributed by atoms with E-state index in [0.717, 1.165) is 57.7 Å². The van der Waals surface area contributed by atoms with E-state index >= 15 is 0 Å². The Morgan fingerprint density at radius 2 is 1.92 bits per heavy atom. The van der Waals surface area contributed by atoms with Crippen molar-refractivity contribution in [2.75, 3.05) is 30.3 Å². The van der Waals surface area contributed by atoms with Crippen molar-refractivity contribution in [1.29, 1.82) is 0 Å². The number of hydrogen-bond donors (Lipinski definition) is 2. The molecule has 2 N–H and O–H groups in total. The van der Waals surface area contributed by atoms with Crippen LogP contribution in [-0.4, -0.2) is 55.2 Å². The maximum Gasteiger partial charge on any atom is 0.225 e. The molecule has 0 unspecified atom stereocenters. The van der Waals surface area contributed by atoms with Crippen molar-refractivity contribution in [3.05, 3.63) is 54.4 Å². The molecule has 2 aromatic carbocycles. The summed E-state index contributed by atoms with van der Waals surface area (Å²) in [5.74, 6) is 0.661. The van der Waals surface area contributed by atoms with Gasteiger partial charge in [0.25, 0.3) is 0 Å². The number of rotatable bonds is 7. The van der Waals surface area contributed by atoms with E-state index in [1.54, 1.807) is 22.3 Å².